The molecule has 1 heterocycles. The van der Waals surface area contributed by atoms with Crippen molar-refractivity contribution in [1.82, 2.24) is 20.1 Å². The third-order valence-electron chi connectivity index (χ3n) is 5.12. The zero-order valence-corrected chi connectivity index (χ0v) is 16.4. The molecule has 144 valence electrons. The van der Waals surface area contributed by atoms with E-state index in [2.05, 4.69) is 33.4 Å². The van der Waals surface area contributed by atoms with Gasteiger partial charge in [0.2, 0.25) is 11.1 Å². The van der Waals surface area contributed by atoms with Gasteiger partial charge < -0.3 is 4.90 Å². The summed E-state index contributed by atoms with van der Waals surface area (Å²) in [5.74, 6) is 0.275. The van der Waals surface area contributed by atoms with E-state index in [1.165, 1.54) is 29.0 Å². The standard InChI is InChI=1S/C21H21FN4OS/c1-26(18-12-6-8-14-7-2-3-9-15(14)18)19(27)13-28-21-23-20(24-25-21)16-10-4-5-11-17(16)22/h2-5,7,9-11,18H,6,8,12-13H2,1H3,(H,23,24,25). The molecule has 1 unspecified atom stereocenters. The monoisotopic (exact) mass is 396 g/mol. The Morgan fingerprint density at radius 1 is 1.25 bits per heavy atom. The van der Waals surface area contributed by atoms with E-state index < -0.39 is 0 Å². The lowest BCUT2D eigenvalue weighted by atomic mass is 9.87. The molecular formula is C21H21FN4OS. The molecule has 5 nitrogen and oxygen atoms in total. The summed E-state index contributed by atoms with van der Waals surface area (Å²) < 4.78 is 13.9. The Morgan fingerprint density at radius 3 is 2.89 bits per heavy atom. The fourth-order valence-electron chi connectivity index (χ4n) is 3.62. The number of fused-ring (bicyclic) bond motifs is 1. The van der Waals surface area contributed by atoms with Gasteiger partial charge in [0, 0.05) is 7.05 Å². The first kappa shape index (κ1) is 18.7. The zero-order valence-electron chi connectivity index (χ0n) is 15.6. The zero-order chi connectivity index (χ0) is 19.5. The fraction of sp³-hybridized carbons (Fsp3) is 0.286. The van der Waals surface area contributed by atoms with E-state index >= 15 is 0 Å². The second-order valence-corrected chi connectivity index (χ2v) is 7.79. The van der Waals surface area contributed by atoms with Crippen LogP contribution in [0.15, 0.2) is 53.7 Å². The van der Waals surface area contributed by atoms with Crippen LogP contribution in [0.3, 0.4) is 0 Å². The molecule has 7 heteroatoms. The van der Waals surface area contributed by atoms with Crippen LogP contribution in [0.1, 0.15) is 30.0 Å². The topological polar surface area (TPSA) is 61.9 Å². The minimum Gasteiger partial charge on any atom is -0.338 e. The van der Waals surface area contributed by atoms with Gasteiger partial charge in [0.1, 0.15) is 5.82 Å². The Labute approximate surface area is 167 Å². The average Bonchev–Trinajstić information content (AvgIpc) is 3.20. The third kappa shape index (κ3) is 3.80. The molecule has 1 aromatic heterocycles. The number of nitrogens with one attached hydrogen (secondary N) is 1. The maximum absolute atomic E-state index is 13.9. The summed E-state index contributed by atoms with van der Waals surface area (Å²) in [7, 11) is 1.86. The van der Waals surface area contributed by atoms with Crippen molar-refractivity contribution in [3.05, 3.63) is 65.5 Å². The number of hydrogen-bond acceptors (Lipinski definition) is 4. The molecular weight excluding hydrogens is 375 g/mol. The number of rotatable bonds is 5. The van der Waals surface area contributed by atoms with E-state index in [4.69, 9.17) is 0 Å². The van der Waals surface area contributed by atoms with Gasteiger partial charge in [-0.1, -0.05) is 48.2 Å². The van der Waals surface area contributed by atoms with E-state index in [9.17, 15) is 9.18 Å². The molecule has 0 saturated carbocycles. The Bertz CT molecular complexity index is 990. The molecule has 0 aliphatic heterocycles. The van der Waals surface area contributed by atoms with Gasteiger partial charge in [0.25, 0.3) is 0 Å². The predicted octanol–water partition coefficient (Wildman–Crippen LogP) is 4.24. The van der Waals surface area contributed by atoms with E-state index in [1.54, 1.807) is 18.2 Å². The third-order valence-corrected chi connectivity index (χ3v) is 5.95. The van der Waals surface area contributed by atoms with Gasteiger partial charge in [-0.2, -0.15) is 0 Å². The molecule has 1 N–H and O–H groups in total. The lowest BCUT2D eigenvalue weighted by Crippen LogP contribution is -2.34. The van der Waals surface area contributed by atoms with Crippen molar-refractivity contribution in [2.24, 2.45) is 0 Å². The maximum Gasteiger partial charge on any atom is 0.233 e. The SMILES string of the molecule is CN(C(=O)CSc1n[nH]c(-c2ccccc2F)n1)C1CCCc2ccccc21. The van der Waals surface area contributed by atoms with Gasteiger partial charge in [-0.15, -0.1) is 5.10 Å². The fourth-order valence-corrected chi connectivity index (χ4v) is 4.34. The van der Waals surface area contributed by atoms with E-state index in [0.717, 1.165) is 19.3 Å². The van der Waals surface area contributed by atoms with Crippen LogP contribution in [0.2, 0.25) is 0 Å². The van der Waals surface area contributed by atoms with Crippen molar-refractivity contribution in [1.29, 1.82) is 0 Å². The van der Waals surface area contributed by atoms with E-state index in [-0.39, 0.29) is 23.5 Å². The quantitative estimate of drug-likeness (QED) is 0.656. The summed E-state index contributed by atoms with van der Waals surface area (Å²) >= 11 is 1.26. The highest BCUT2D eigenvalue weighted by Crippen LogP contribution is 2.34. The predicted molar refractivity (Wildman–Crippen MR) is 107 cm³/mol. The number of aromatic nitrogens is 3. The van der Waals surface area contributed by atoms with Crippen LogP contribution in [-0.4, -0.2) is 38.8 Å². The lowest BCUT2D eigenvalue weighted by molar-refractivity contribution is -0.129. The van der Waals surface area contributed by atoms with Gasteiger partial charge in [-0.25, -0.2) is 9.37 Å². The molecule has 0 spiro atoms. The summed E-state index contributed by atoms with van der Waals surface area (Å²) in [6.07, 6.45) is 3.13. The van der Waals surface area contributed by atoms with Crippen LogP contribution in [0, 0.1) is 5.82 Å². The van der Waals surface area contributed by atoms with Crippen molar-refractivity contribution >= 4 is 17.7 Å². The number of aromatic amines is 1. The van der Waals surface area contributed by atoms with E-state index in [0.29, 0.717) is 16.5 Å². The van der Waals surface area contributed by atoms with Gasteiger partial charge in [0.15, 0.2) is 5.82 Å². The van der Waals surface area contributed by atoms with Crippen LogP contribution in [-0.2, 0) is 11.2 Å². The highest BCUT2D eigenvalue weighted by Gasteiger charge is 2.26. The molecule has 1 amide bonds. The van der Waals surface area contributed by atoms with Crippen molar-refractivity contribution in [3.63, 3.8) is 0 Å². The number of carbonyl (C=O) groups excluding carboxylic acids is 1. The minimum absolute atomic E-state index is 0.0314. The van der Waals surface area contributed by atoms with Crippen molar-refractivity contribution in [3.8, 4) is 11.4 Å². The maximum atomic E-state index is 13.9. The number of aryl methyl sites for hydroxylation is 1. The number of hydrogen-bond donors (Lipinski definition) is 1. The summed E-state index contributed by atoms with van der Waals surface area (Å²) in [6, 6.07) is 14.8. The molecule has 0 radical (unpaired) electrons. The molecule has 3 aromatic rings. The normalized spacial score (nSPS) is 15.9. The number of amides is 1. The summed E-state index contributed by atoms with van der Waals surface area (Å²) in [4.78, 5) is 18.9. The highest BCUT2D eigenvalue weighted by molar-refractivity contribution is 7.99. The number of benzene rings is 2. The van der Waals surface area contributed by atoms with Gasteiger partial charge in [-0.3, -0.25) is 9.89 Å². The highest BCUT2D eigenvalue weighted by atomic mass is 32.2. The molecule has 28 heavy (non-hydrogen) atoms. The van der Waals surface area contributed by atoms with Crippen LogP contribution >= 0.6 is 11.8 Å². The number of H-pyrrole nitrogens is 1. The molecule has 1 aliphatic carbocycles. The first-order valence-corrected chi connectivity index (χ1v) is 10.3. The molecule has 0 bridgehead atoms. The lowest BCUT2D eigenvalue weighted by Gasteiger charge is -2.33. The van der Waals surface area contributed by atoms with Gasteiger partial charge in [0.05, 0.1) is 17.4 Å². The number of carbonyl (C=O) groups is 1. The Morgan fingerprint density at radius 2 is 2.04 bits per heavy atom. The average molecular weight is 396 g/mol. The van der Waals surface area contributed by atoms with Crippen LogP contribution < -0.4 is 0 Å². The Hall–Kier alpha value is -2.67. The van der Waals surface area contributed by atoms with E-state index in [1.807, 2.05) is 18.0 Å². The first-order chi connectivity index (χ1) is 13.6. The van der Waals surface area contributed by atoms with Gasteiger partial charge in [-0.05, 0) is 42.5 Å². The second kappa shape index (κ2) is 8.14. The minimum atomic E-state index is -0.359. The molecule has 0 saturated heterocycles. The Kier molecular flexibility index (Phi) is 5.43. The first-order valence-electron chi connectivity index (χ1n) is 9.27. The van der Waals surface area contributed by atoms with Gasteiger partial charge >= 0.3 is 0 Å². The van der Waals surface area contributed by atoms with Crippen molar-refractivity contribution in [2.75, 3.05) is 12.8 Å². The molecule has 1 atom stereocenters. The largest absolute Gasteiger partial charge is 0.338 e. The molecule has 2 aromatic carbocycles. The smallest absolute Gasteiger partial charge is 0.233 e. The van der Waals surface area contributed by atoms with Crippen molar-refractivity contribution < 1.29 is 9.18 Å². The summed E-state index contributed by atoms with van der Waals surface area (Å²) in [5, 5.41) is 7.28. The summed E-state index contributed by atoms with van der Waals surface area (Å²) in [5.41, 5.74) is 2.94. The number of nitrogens with zero attached hydrogens (tertiary/aromatic N) is 3. The molecule has 4 rings (SSSR count). The van der Waals surface area contributed by atoms with Crippen LogP contribution in [0.25, 0.3) is 11.4 Å². The summed E-state index contributed by atoms with van der Waals surface area (Å²) in [6.45, 7) is 0. The number of thioether (sulfide) groups is 1. The van der Waals surface area contributed by atoms with Crippen molar-refractivity contribution in [2.45, 2.75) is 30.5 Å². The number of halogens is 1. The molecule has 0 fully saturated rings. The Balaban J connectivity index is 1.41. The second-order valence-electron chi connectivity index (χ2n) is 6.85. The van der Waals surface area contributed by atoms with Crippen LogP contribution in [0.4, 0.5) is 4.39 Å². The molecule has 1 aliphatic rings. The van der Waals surface area contributed by atoms with Crippen LogP contribution in [0.5, 0.6) is 0 Å².